The molecule has 0 spiro atoms. The van der Waals surface area contributed by atoms with Crippen molar-refractivity contribution in [3.8, 4) is 0 Å². The van der Waals surface area contributed by atoms with Crippen LogP contribution in [-0.2, 0) is 24.5 Å². The zero-order chi connectivity index (χ0) is 19.9. The number of para-hydroxylation sites is 2. The molecule has 10 nitrogen and oxygen atoms in total. The van der Waals surface area contributed by atoms with E-state index in [-0.39, 0.29) is 29.1 Å². The van der Waals surface area contributed by atoms with Crippen LogP contribution in [0.3, 0.4) is 0 Å². The number of fused-ring (bicyclic) bond motifs is 1. The van der Waals surface area contributed by atoms with E-state index in [0.29, 0.717) is 24.2 Å². The van der Waals surface area contributed by atoms with Crippen molar-refractivity contribution in [1.82, 2.24) is 10.6 Å². The van der Waals surface area contributed by atoms with Crippen molar-refractivity contribution in [1.29, 1.82) is 0 Å². The van der Waals surface area contributed by atoms with E-state index < -0.39 is 38.1 Å². The van der Waals surface area contributed by atoms with Crippen molar-refractivity contribution in [2.45, 2.75) is 31.3 Å². The number of urea groups is 1. The number of sulfone groups is 2. The van der Waals surface area contributed by atoms with Gasteiger partial charge in [-0.2, -0.15) is 5.06 Å². The summed E-state index contributed by atoms with van der Waals surface area (Å²) in [6.07, 6.45) is 0.0346. The summed E-state index contributed by atoms with van der Waals surface area (Å²) in [6.45, 7) is 0. The molecule has 3 atom stereocenters. The first-order chi connectivity index (χ1) is 13.2. The molecule has 3 aliphatic rings. The molecule has 1 aromatic rings. The largest absolute Gasteiger partial charge is 0.346 e. The molecule has 154 valence electrons. The number of benzene rings is 1. The summed E-state index contributed by atoms with van der Waals surface area (Å²) in [7, 11) is -6.18. The van der Waals surface area contributed by atoms with Crippen LogP contribution in [-0.4, -0.2) is 64.3 Å². The lowest BCUT2D eigenvalue weighted by Gasteiger charge is -2.36. The van der Waals surface area contributed by atoms with Crippen molar-refractivity contribution in [2.24, 2.45) is 0 Å². The van der Waals surface area contributed by atoms with Gasteiger partial charge in [0.1, 0.15) is 0 Å². The molecule has 28 heavy (non-hydrogen) atoms. The number of rotatable bonds is 3. The van der Waals surface area contributed by atoms with Crippen LogP contribution < -0.4 is 21.0 Å². The Morgan fingerprint density at radius 3 is 2.32 bits per heavy atom. The quantitative estimate of drug-likeness (QED) is 0.601. The maximum absolute atomic E-state index is 12.8. The Morgan fingerprint density at radius 2 is 1.68 bits per heavy atom. The van der Waals surface area contributed by atoms with Crippen molar-refractivity contribution in [2.75, 3.05) is 33.4 Å². The van der Waals surface area contributed by atoms with Gasteiger partial charge in [-0.25, -0.2) is 26.5 Å². The maximum atomic E-state index is 12.8. The Hall–Kier alpha value is -1.89. The van der Waals surface area contributed by atoms with Crippen molar-refractivity contribution >= 4 is 37.1 Å². The first kappa shape index (κ1) is 19.4. The molecule has 0 radical (unpaired) electrons. The predicted octanol–water partition coefficient (Wildman–Crippen LogP) is -0.193. The standard InChI is InChI=1S/C16H22N4O6S2/c21-16(18-12-6-8-28(24,25)10-12)20-14-4-2-1-3-13(14)19-15(26-20)17-11-5-7-27(22,23)9-11/h1-4,11-12,15,17,19H,5-10H2,(H,18,21)/t11-,12-,15-/m1/s1. The van der Waals surface area contributed by atoms with Crippen LogP contribution in [0, 0.1) is 0 Å². The highest BCUT2D eigenvalue weighted by Crippen LogP contribution is 2.31. The van der Waals surface area contributed by atoms with Crippen LogP contribution in [0.2, 0.25) is 0 Å². The number of carbonyl (C=O) groups excluding carboxylic acids is 1. The number of nitrogens with zero attached hydrogens (tertiary/aromatic N) is 1. The molecule has 4 rings (SSSR count). The lowest BCUT2D eigenvalue weighted by atomic mass is 10.2. The molecule has 3 heterocycles. The molecule has 0 unspecified atom stereocenters. The summed E-state index contributed by atoms with van der Waals surface area (Å²) in [5.41, 5.74) is 1.12. The highest BCUT2D eigenvalue weighted by molar-refractivity contribution is 7.91. The smallest absolute Gasteiger partial charge is 0.344 e. The molecule has 3 N–H and O–H groups in total. The first-order valence-electron chi connectivity index (χ1n) is 9.01. The van der Waals surface area contributed by atoms with Gasteiger partial charge < -0.3 is 10.6 Å². The number of hydrogen-bond donors (Lipinski definition) is 3. The molecular weight excluding hydrogens is 408 g/mol. The average molecular weight is 431 g/mol. The molecule has 12 heteroatoms. The lowest BCUT2D eigenvalue weighted by Crippen LogP contribution is -2.55. The Bertz CT molecular complexity index is 981. The minimum atomic E-state index is -3.13. The highest BCUT2D eigenvalue weighted by atomic mass is 32.2. The zero-order valence-electron chi connectivity index (χ0n) is 15.0. The fourth-order valence-electron chi connectivity index (χ4n) is 3.61. The normalized spacial score (nSPS) is 30.4. The zero-order valence-corrected chi connectivity index (χ0v) is 16.6. The molecule has 0 aromatic heterocycles. The van der Waals surface area contributed by atoms with Crippen LogP contribution in [0.15, 0.2) is 24.3 Å². The molecule has 2 fully saturated rings. The van der Waals surface area contributed by atoms with Gasteiger partial charge in [-0.15, -0.1) is 0 Å². The molecule has 1 aromatic carbocycles. The predicted molar refractivity (Wildman–Crippen MR) is 103 cm³/mol. The summed E-state index contributed by atoms with van der Waals surface area (Å²) < 4.78 is 46.6. The Kier molecular flexibility index (Phi) is 4.98. The number of carbonyl (C=O) groups is 1. The Morgan fingerprint density at radius 1 is 1.04 bits per heavy atom. The van der Waals surface area contributed by atoms with Crippen LogP contribution in [0.1, 0.15) is 12.8 Å². The average Bonchev–Trinajstić information content (AvgIpc) is 3.14. The van der Waals surface area contributed by atoms with Crippen molar-refractivity contribution in [3.63, 3.8) is 0 Å². The lowest BCUT2D eigenvalue weighted by molar-refractivity contribution is 0.0295. The van der Waals surface area contributed by atoms with Crippen LogP contribution in [0.5, 0.6) is 0 Å². The van der Waals surface area contributed by atoms with Gasteiger partial charge in [0.15, 0.2) is 19.7 Å². The van der Waals surface area contributed by atoms with E-state index in [4.69, 9.17) is 4.84 Å². The van der Waals surface area contributed by atoms with Gasteiger partial charge in [-0.3, -0.25) is 5.32 Å². The van der Waals surface area contributed by atoms with Crippen LogP contribution >= 0.6 is 0 Å². The van der Waals surface area contributed by atoms with E-state index in [1.165, 1.54) is 0 Å². The fraction of sp³-hybridized carbons (Fsp3) is 0.562. The molecule has 0 aliphatic carbocycles. The van der Waals surface area contributed by atoms with Crippen molar-refractivity contribution < 1.29 is 26.5 Å². The number of hydrogen-bond acceptors (Lipinski definition) is 8. The van der Waals surface area contributed by atoms with E-state index in [1.807, 2.05) is 0 Å². The summed E-state index contributed by atoms with van der Waals surface area (Å²) in [6, 6.07) is 5.71. The molecule has 2 saturated heterocycles. The van der Waals surface area contributed by atoms with Crippen LogP contribution in [0.4, 0.5) is 16.2 Å². The Balaban J connectivity index is 1.48. The maximum Gasteiger partial charge on any atom is 0.346 e. The molecule has 3 aliphatic heterocycles. The van der Waals surface area contributed by atoms with Gasteiger partial charge in [0.2, 0.25) is 6.35 Å². The van der Waals surface area contributed by atoms with E-state index in [0.717, 1.165) is 5.06 Å². The topological polar surface area (TPSA) is 134 Å². The monoisotopic (exact) mass is 430 g/mol. The van der Waals surface area contributed by atoms with Gasteiger partial charge in [0.05, 0.1) is 34.4 Å². The van der Waals surface area contributed by atoms with Gasteiger partial charge in [0.25, 0.3) is 0 Å². The van der Waals surface area contributed by atoms with E-state index in [1.54, 1.807) is 24.3 Å². The molecule has 0 bridgehead atoms. The van der Waals surface area contributed by atoms with E-state index >= 15 is 0 Å². The first-order valence-corrected chi connectivity index (χ1v) is 12.6. The second-order valence-electron chi connectivity index (χ2n) is 7.26. The van der Waals surface area contributed by atoms with E-state index in [9.17, 15) is 21.6 Å². The number of amides is 2. The summed E-state index contributed by atoms with van der Waals surface area (Å²) >= 11 is 0. The second-order valence-corrected chi connectivity index (χ2v) is 11.7. The molecule has 2 amide bonds. The van der Waals surface area contributed by atoms with E-state index in [2.05, 4.69) is 16.0 Å². The third-order valence-corrected chi connectivity index (χ3v) is 8.52. The fourth-order valence-corrected chi connectivity index (χ4v) is 6.97. The molecular formula is C16H22N4O6S2. The van der Waals surface area contributed by atoms with Crippen molar-refractivity contribution in [3.05, 3.63) is 24.3 Å². The SMILES string of the molecule is O=C(N[C@@H]1CCS(=O)(=O)C1)N1O[C@H](N[C@@H]2CCS(=O)(=O)C2)Nc2ccccc21. The Labute approximate surface area is 163 Å². The van der Waals surface area contributed by atoms with Gasteiger partial charge in [0, 0.05) is 12.1 Å². The number of nitrogens with one attached hydrogen (secondary N) is 3. The molecule has 0 saturated carbocycles. The van der Waals surface area contributed by atoms with Gasteiger partial charge in [-0.05, 0) is 25.0 Å². The van der Waals surface area contributed by atoms with Crippen LogP contribution in [0.25, 0.3) is 0 Å². The third kappa shape index (κ3) is 4.24. The third-order valence-electron chi connectivity index (χ3n) is 4.98. The number of anilines is 2. The minimum Gasteiger partial charge on any atom is -0.344 e. The highest BCUT2D eigenvalue weighted by Gasteiger charge is 2.36. The van der Waals surface area contributed by atoms with Gasteiger partial charge >= 0.3 is 6.03 Å². The van der Waals surface area contributed by atoms with Gasteiger partial charge in [-0.1, -0.05) is 12.1 Å². The summed E-state index contributed by atoms with van der Waals surface area (Å²) in [5, 5.41) is 9.96. The second kappa shape index (κ2) is 7.17. The summed E-state index contributed by atoms with van der Waals surface area (Å²) in [5.74, 6) is 0.0992. The minimum absolute atomic E-state index is 0.0162. The summed E-state index contributed by atoms with van der Waals surface area (Å²) in [4.78, 5) is 18.5. The number of hydroxylamine groups is 1.